The van der Waals surface area contributed by atoms with Gasteiger partial charge in [-0.3, -0.25) is 4.79 Å². The van der Waals surface area contributed by atoms with Gasteiger partial charge in [0, 0.05) is 4.90 Å². The van der Waals surface area contributed by atoms with Crippen LogP contribution in [0, 0.1) is 0 Å². The fraction of sp³-hybridized carbons (Fsp3) is 0.154. The van der Waals surface area contributed by atoms with Gasteiger partial charge >= 0.3 is 0 Å². The molecule has 0 radical (unpaired) electrons. The second kappa shape index (κ2) is 4.49. The van der Waals surface area contributed by atoms with Crippen LogP contribution in [0.1, 0.15) is 6.92 Å². The van der Waals surface area contributed by atoms with Crippen molar-refractivity contribution in [1.29, 1.82) is 0 Å². The Morgan fingerprint density at radius 1 is 1.13 bits per heavy atom. The zero-order chi connectivity index (χ0) is 10.7. The number of hydrogen-bond donors (Lipinski definition) is 0. The average molecular weight is 216 g/mol. The van der Waals surface area contributed by atoms with Crippen LogP contribution >= 0.6 is 11.8 Å². The fourth-order valence-electron chi connectivity index (χ4n) is 1.50. The van der Waals surface area contributed by atoms with E-state index in [4.69, 9.17) is 0 Å². The molecule has 1 nitrogen and oxygen atoms in total. The fourth-order valence-corrected chi connectivity index (χ4v) is 2.38. The van der Waals surface area contributed by atoms with Gasteiger partial charge in [0.25, 0.3) is 0 Å². The smallest absolute Gasteiger partial charge is 0.140 e. The molecule has 76 valence electrons. The summed E-state index contributed by atoms with van der Waals surface area (Å²) < 4.78 is 0. The molecule has 0 saturated carbocycles. The maximum Gasteiger partial charge on any atom is 0.140 e. The van der Waals surface area contributed by atoms with Crippen LogP contribution in [0.25, 0.3) is 10.8 Å². The zero-order valence-electron chi connectivity index (χ0n) is 8.57. The SMILES string of the molecule is CC(=O)CSc1cccc2ccccc12. The minimum atomic E-state index is 0.216. The first-order valence-electron chi connectivity index (χ1n) is 4.87. The van der Waals surface area contributed by atoms with E-state index in [1.165, 1.54) is 15.7 Å². The molecule has 2 heteroatoms. The van der Waals surface area contributed by atoms with Crippen LogP contribution in [-0.4, -0.2) is 11.5 Å². The lowest BCUT2D eigenvalue weighted by molar-refractivity contribution is -0.114. The Bertz CT molecular complexity index is 485. The second-order valence-electron chi connectivity index (χ2n) is 3.47. The number of thioether (sulfide) groups is 1. The molecule has 0 saturated heterocycles. The molecule has 0 unspecified atom stereocenters. The summed E-state index contributed by atoms with van der Waals surface area (Å²) in [4.78, 5) is 12.1. The Kier molecular flexibility index (Phi) is 3.07. The van der Waals surface area contributed by atoms with Crippen molar-refractivity contribution in [1.82, 2.24) is 0 Å². The van der Waals surface area contributed by atoms with Crippen LogP contribution in [0.3, 0.4) is 0 Å². The molecule has 0 amide bonds. The lowest BCUT2D eigenvalue weighted by atomic mass is 10.1. The Morgan fingerprint density at radius 3 is 2.67 bits per heavy atom. The van der Waals surface area contributed by atoms with E-state index >= 15 is 0 Å². The molecule has 0 aliphatic carbocycles. The van der Waals surface area contributed by atoms with Gasteiger partial charge in [0.05, 0.1) is 5.75 Å². The molecule has 0 atom stereocenters. The molecule has 15 heavy (non-hydrogen) atoms. The van der Waals surface area contributed by atoms with Gasteiger partial charge in [-0.15, -0.1) is 11.8 Å². The summed E-state index contributed by atoms with van der Waals surface area (Å²) in [6.07, 6.45) is 0. The van der Waals surface area contributed by atoms with Gasteiger partial charge in [-0.05, 0) is 23.8 Å². The lowest BCUT2D eigenvalue weighted by Crippen LogP contribution is -1.92. The largest absolute Gasteiger partial charge is 0.299 e. The summed E-state index contributed by atoms with van der Waals surface area (Å²) in [6, 6.07) is 14.4. The molecular formula is C13H12OS. The van der Waals surface area contributed by atoms with Gasteiger partial charge in [-0.1, -0.05) is 36.4 Å². The molecule has 2 aromatic rings. The van der Waals surface area contributed by atoms with E-state index in [1.54, 1.807) is 18.7 Å². The summed E-state index contributed by atoms with van der Waals surface area (Å²) >= 11 is 1.61. The quantitative estimate of drug-likeness (QED) is 0.730. The second-order valence-corrected chi connectivity index (χ2v) is 4.49. The zero-order valence-corrected chi connectivity index (χ0v) is 9.38. The third-order valence-electron chi connectivity index (χ3n) is 2.18. The number of hydrogen-bond acceptors (Lipinski definition) is 2. The van der Waals surface area contributed by atoms with Gasteiger partial charge in [-0.25, -0.2) is 0 Å². The van der Waals surface area contributed by atoms with Gasteiger partial charge in [0.1, 0.15) is 5.78 Å². The maximum atomic E-state index is 10.9. The predicted octanol–water partition coefficient (Wildman–Crippen LogP) is 3.52. The van der Waals surface area contributed by atoms with Crippen LogP contribution in [0.4, 0.5) is 0 Å². The molecule has 0 heterocycles. The van der Waals surface area contributed by atoms with Gasteiger partial charge in [-0.2, -0.15) is 0 Å². The molecule has 0 fully saturated rings. The van der Waals surface area contributed by atoms with Gasteiger partial charge < -0.3 is 0 Å². The molecule has 0 spiro atoms. The van der Waals surface area contributed by atoms with Crippen molar-refractivity contribution in [2.45, 2.75) is 11.8 Å². The Labute approximate surface area is 93.5 Å². The highest BCUT2D eigenvalue weighted by Gasteiger charge is 2.01. The van der Waals surface area contributed by atoms with E-state index in [2.05, 4.69) is 24.3 Å². The highest BCUT2D eigenvalue weighted by Crippen LogP contribution is 2.27. The molecule has 0 aromatic heterocycles. The van der Waals surface area contributed by atoms with Gasteiger partial charge in [0.15, 0.2) is 0 Å². The van der Waals surface area contributed by atoms with Crippen molar-refractivity contribution in [3.8, 4) is 0 Å². The van der Waals surface area contributed by atoms with E-state index in [0.717, 1.165) is 0 Å². The number of fused-ring (bicyclic) bond motifs is 1. The van der Waals surface area contributed by atoms with Gasteiger partial charge in [0.2, 0.25) is 0 Å². The van der Waals surface area contributed by atoms with Crippen molar-refractivity contribution in [2.75, 3.05) is 5.75 Å². The molecule has 2 aromatic carbocycles. The summed E-state index contributed by atoms with van der Waals surface area (Å²) in [5, 5.41) is 2.46. The molecule has 0 N–H and O–H groups in total. The van der Waals surface area contributed by atoms with Crippen molar-refractivity contribution in [3.05, 3.63) is 42.5 Å². The van der Waals surface area contributed by atoms with Crippen molar-refractivity contribution >= 4 is 28.3 Å². The predicted molar refractivity (Wildman–Crippen MR) is 65.4 cm³/mol. The van der Waals surface area contributed by atoms with Crippen molar-refractivity contribution in [2.24, 2.45) is 0 Å². The number of carbonyl (C=O) groups excluding carboxylic acids is 1. The van der Waals surface area contributed by atoms with Crippen LogP contribution in [0.2, 0.25) is 0 Å². The van der Waals surface area contributed by atoms with Crippen LogP contribution in [0.5, 0.6) is 0 Å². The molecule has 2 rings (SSSR count). The lowest BCUT2D eigenvalue weighted by Gasteiger charge is -2.04. The molecular weight excluding hydrogens is 204 g/mol. The topological polar surface area (TPSA) is 17.1 Å². The van der Waals surface area contributed by atoms with E-state index in [1.807, 2.05) is 18.2 Å². The monoisotopic (exact) mass is 216 g/mol. The van der Waals surface area contributed by atoms with Crippen LogP contribution in [0.15, 0.2) is 47.4 Å². The highest BCUT2D eigenvalue weighted by atomic mass is 32.2. The maximum absolute atomic E-state index is 10.9. The highest BCUT2D eigenvalue weighted by molar-refractivity contribution is 8.00. The third-order valence-corrected chi connectivity index (χ3v) is 3.40. The molecule has 0 aliphatic heterocycles. The number of carbonyl (C=O) groups is 1. The Balaban J connectivity index is 2.38. The third kappa shape index (κ3) is 2.39. The summed E-state index contributed by atoms with van der Waals surface area (Å²) in [7, 11) is 0. The minimum absolute atomic E-state index is 0.216. The summed E-state index contributed by atoms with van der Waals surface area (Å²) in [6.45, 7) is 1.62. The first-order chi connectivity index (χ1) is 7.27. The molecule has 0 bridgehead atoms. The minimum Gasteiger partial charge on any atom is -0.299 e. The van der Waals surface area contributed by atoms with E-state index in [-0.39, 0.29) is 5.78 Å². The standard InChI is InChI=1S/C13H12OS/c1-10(14)9-15-13-8-4-6-11-5-2-3-7-12(11)13/h2-8H,9H2,1H3. The number of ketones is 1. The summed E-state index contributed by atoms with van der Waals surface area (Å²) in [5.41, 5.74) is 0. The number of rotatable bonds is 3. The van der Waals surface area contributed by atoms with E-state index in [0.29, 0.717) is 5.75 Å². The number of benzene rings is 2. The normalized spacial score (nSPS) is 10.5. The first-order valence-corrected chi connectivity index (χ1v) is 5.86. The summed E-state index contributed by atoms with van der Waals surface area (Å²) in [5.74, 6) is 0.765. The van der Waals surface area contributed by atoms with E-state index in [9.17, 15) is 4.79 Å². The first kappa shape index (κ1) is 10.2. The molecule has 0 aliphatic rings. The van der Waals surface area contributed by atoms with Crippen LogP contribution < -0.4 is 0 Å². The van der Waals surface area contributed by atoms with Crippen molar-refractivity contribution < 1.29 is 4.79 Å². The number of Topliss-reactive ketones (excluding diaryl/α,β-unsaturated/α-hetero) is 1. The average Bonchev–Trinajstić information content (AvgIpc) is 2.26. The Hall–Kier alpha value is -1.28. The van der Waals surface area contributed by atoms with Crippen molar-refractivity contribution in [3.63, 3.8) is 0 Å². The van der Waals surface area contributed by atoms with Crippen LogP contribution in [-0.2, 0) is 4.79 Å². The van der Waals surface area contributed by atoms with E-state index < -0.39 is 0 Å². The Morgan fingerprint density at radius 2 is 1.87 bits per heavy atom.